The molecule has 0 spiro atoms. The molecule has 4 nitrogen and oxygen atoms in total. The van der Waals surface area contributed by atoms with Crippen molar-refractivity contribution in [2.45, 2.75) is 64.4 Å². The van der Waals surface area contributed by atoms with Crippen molar-refractivity contribution in [1.29, 1.82) is 0 Å². The van der Waals surface area contributed by atoms with Crippen LogP contribution in [0.5, 0.6) is 0 Å². The Morgan fingerprint density at radius 3 is 2.06 bits per heavy atom. The fourth-order valence-electron chi connectivity index (χ4n) is 1.56. The van der Waals surface area contributed by atoms with Gasteiger partial charge in [0.1, 0.15) is 0 Å². The molecule has 0 N–H and O–H groups in total. The van der Waals surface area contributed by atoms with Gasteiger partial charge in [-0.1, -0.05) is 32.6 Å². The van der Waals surface area contributed by atoms with E-state index in [2.05, 4.69) is 19.6 Å². The molecule has 0 fully saturated rings. The summed E-state index contributed by atoms with van der Waals surface area (Å²) in [5.74, 6) is 0. The largest absolute Gasteiger partial charge is 0.680 e. The average Bonchev–Trinajstić information content (AvgIpc) is 2.33. The lowest BCUT2D eigenvalue weighted by Crippen LogP contribution is -2.50. The summed E-state index contributed by atoms with van der Waals surface area (Å²) in [5.41, 5.74) is -0.202. The molecule has 0 aromatic heterocycles. The second kappa shape index (κ2) is 10.2. The maximum Gasteiger partial charge on any atom is 0.680 e. The van der Waals surface area contributed by atoms with Crippen LogP contribution >= 0.6 is 12.6 Å². The van der Waals surface area contributed by atoms with Crippen LogP contribution in [0.1, 0.15) is 52.9 Å². The van der Waals surface area contributed by atoms with E-state index < -0.39 is 9.05 Å². The molecule has 0 aromatic rings. The van der Waals surface area contributed by atoms with Crippen molar-refractivity contribution in [1.82, 2.24) is 0 Å². The molecule has 0 aliphatic rings. The van der Waals surface area contributed by atoms with Crippen molar-refractivity contribution in [3.63, 3.8) is 0 Å². The molecule has 0 aliphatic carbocycles. The van der Waals surface area contributed by atoms with Gasteiger partial charge in [0.15, 0.2) is 0 Å². The summed E-state index contributed by atoms with van der Waals surface area (Å²) < 4.78 is 22.1. The predicted molar refractivity (Wildman–Crippen MR) is 78.6 cm³/mol. The van der Waals surface area contributed by atoms with Crippen molar-refractivity contribution < 1.29 is 17.7 Å². The molecule has 18 heavy (non-hydrogen) atoms. The average molecular weight is 297 g/mol. The van der Waals surface area contributed by atoms with E-state index in [-0.39, 0.29) is 11.5 Å². The fraction of sp³-hybridized carbons (Fsp3) is 1.00. The van der Waals surface area contributed by atoms with E-state index in [4.69, 9.17) is 17.7 Å². The first-order valence-corrected chi connectivity index (χ1v) is 8.78. The van der Waals surface area contributed by atoms with Gasteiger partial charge in [-0.05, 0) is 20.3 Å². The van der Waals surface area contributed by atoms with E-state index in [9.17, 15) is 0 Å². The maximum atomic E-state index is 5.76. The van der Waals surface area contributed by atoms with Crippen molar-refractivity contribution in [2.24, 2.45) is 0 Å². The van der Waals surface area contributed by atoms with Crippen LogP contribution in [0.3, 0.4) is 0 Å². The standard InChI is InChI=1S/C12H28O4SSi/c1-6-7-8-9-10-12(17)16-18(13-4,14-5)15-11(2)3/h11-12,17H,6-10H2,1-5H3. The van der Waals surface area contributed by atoms with E-state index in [1.165, 1.54) is 19.3 Å². The van der Waals surface area contributed by atoms with E-state index in [0.29, 0.717) is 0 Å². The zero-order chi connectivity index (χ0) is 14.0. The third-order valence-corrected chi connectivity index (χ3v) is 5.36. The third kappa shape index (κ3) is 7.76. The van der Waals surface area contributed by atoms with Crippen LogP contribution in [0.15, 0.2) is 0 Å². The molecule has 110 valence electrons. The number of hydrogen-bond acceptors (Lipinski definition) is 5. The first-order chi connectivity index (χ1) is 8.49. The lowest BCUT2D eigenvalue weighted by Gasteiger charge is -2.29. The molecule has 0 rings (SSSR count). The van der Waals surface area contributed by atoms with Crippen LogP contribution in [0.2, 0.25) is 0 Å². The normalized spacial score (nSPS) is 14.2. The van der Waals surface area contributed by atoms with Crippen LogP contribution in [0, 0.1) is 0 Å². The van der Waals surface area contributed by atoms with E-state index in [1.54, 1.807) is 14.2 Å². The highest BCUT2D eigenvalue weighted by molar-refractivity contribution is 7.80. The molecule has 0 saturated heterocycles. The number of hydrogen-bond donors (Lipinski definition) is 1. The maximum absolute atomic E-state index is 5.76. The van der Waals surface area contributed by atoms with Crippen LogP contribution in [-0.4, -0.2) is 34.8 Å². The minimum absolute atomic E-state index is 0.00260. The van der Waals surface area contributed by atoms with Crippen molar-refractivity contribution in [2.75, 3.05) is 14.2 Å². The van der Waals surface area contributed by atoms with Crippen molar-refractivity contribution >= 4 is 21.7 Å². The van der Waals surface area contributed by atoms with Gasteiger partial charge in [0.2, 0.25) is 0 Å². The Morgan fingerprint density at radius 2 is 1.61 bits per heavy atom. The van der Waals surface area contributed by atoms with Crippen LogP contribution in [0.25, 0.3) is 0 Å². The Hall–Kier alpha value is 0.407. The first-order valence-electron chi connectivity index (χ1n) is 6.63. The summed E-state index contributed by atoms with van der Waals surface area (Å²) in [5, 5.41) is 0. The summed E-state index contributed by atoms with van der Waals surface area (Å²) in [6.07, 6.45) is 5.66. The number of unbranched alkanes of at least 4 members (excludes halogenated alkanes) is 3. The second-order valence-electron chi connectivity index (χ2n) is 4.50. The highest BCUT2D eigenvalue weighted by Gasteiger charge is 2.46. The van der Waals surface area contributed by atoms with Gasteiger partial charge in [-0.15, -0.1) is 12.6 Å². The van der Waals surface area contributed by atoms with Gasteiger partial charge in [0.05, 0.1) is 5.44 Å². The molecule has 0 amide bonds. The summed E-state index contributed by atoms with van der Waals surface area (Å²) in [4.78, 5) is 0. The molecule has 1 unspecified atom stereocenters. The fourth-order valence-corrected chi connectivity index (χ4v) is 3.77. The lowest BCUT2D eigenvalue weighted by atomic mass is 10.2. The second-order valence-corrected chi connectivity index (χ2v) is 7.36. The topological polar surface area (TPSA) is 36.9 Å². The van der Waals surface area contributed by atoms with Crippen molar-refractivity contribution in [3.8, 4) is 0 Å². The zero-order valence-corrected chi connectivity index (χ0v) is 14.2. The molecular weight excluding hydrogens is 268 g/mol. The molecule has 0 bridgehead atoms. The van der Waals surface area contributed by atoms with Gasteiger partial charge in [0, 0.05) is 20.3 Å². The predicted octanol–water partition coefficient (Wildman–Crippen LogP) is 3.38. The van der Waals surface area contributed by atoms with Crippen LogP contribution in [-0.2, 0) is 17.7 Å². The van der Waals surface area contributed by atoms with Gasteiger partial charge in [-0.25, -0.2) is 0 Å². The first kappa shape index (κ1) is 18.4. The summed E-state index contributed by atoms with van der Waals surface area (Å²) >= 11 is 4.43. The Labute approximate surface area is 118 Å². The monoisotopic (exact) mass is 296 g/mol. The van der Waals surface area contributed by atoms with Crippen LogP contribution < -0.4 is 0 Å². The lowest BCUT2D eigenvalue weighted by molar-refractivity contribution is -0.0327. The smallest absolute Gasteiger partial charge is 0.355 e. The third-order valence-electron chi connectivity index (χ3n) is 2.47. The Balaban J connectivity index is 4.14. The van der Waals surface area contributed by atoms with Gasteiger partial charge >= 0.3 is 9.05 Å². The summed E-state index contributed by atoms with van der Waals surface area (Å²) in [6.45, 7) is 6.05. The molecule has 0 radical (unpaired) electrons. The highest BCUT2D eigenvalue weighted by Crippen LogP contribution is 2.20. The molecular formula is C12H28O4SSi. The highest BCUT2D eigenvalue weighted by atomic mass is 32.1. The minimum Gasteiger partial charge on any atom is -0.355 e. The Kier molecular flexibility index (Phi) is 10.5. The molecule has 0 aromatic carbocycles. The van der Waals surface area contributed by atoms with Crippen LogP contribution in [0.4, 0.5) is 0 Å². The zero-order valence-electron chi connectivity index (χ0n) is 12.3. The van der Waals surface area contributed by atoms with Gasteiger partial charge < -0.3 is 17.7 Å². The number of thiol groups is 1. The van der Waals surface area contributed by atoms with Gasteiger partial charge in [0.25, 0.3) is 0 Å². The molecule has 1 atom stereocenters. The van der Waals surface area contributed by atoms with Gasteiger partial charge in [-0.3, -0.25) is 0 Å². The molecule has 0 saturated carbocycles. The number of rotatable bonds is 11. The molecule has 0 heterocycles. The summed E-state index contributed by atoms with van der Waals surface area (Å²) in [6, 6.07) is 0. The Bertz CT molecular complexity index is 201. The molecule has 6 heteroatoms. The van der Waals surface area contributed by atoms with E-state index in [0.717, 1.165) is 12.8 Å². The Morgan fingerprint density at radius 1 is 1.00 bits per heavy atom. The van der Waals surface area contributed by atoms with E-state index >= 15 is 0 Å². The van der Waals surface area contributed by atoms with Crippen molar-refractivity contribution in [3.05, 3.63) is 0 Å². The minimum atomic E-state index is -3.01. The molecule has 0 aliphatic heterocycles. The summed E-state index contributed by atoms with van der Waals surface area (Å²) in [7, 11) is 0.0881. The quantitative estimate of drug-likeness (QED) is 0.274. The van der Waals surface area contributed by atoms with Gasteiger partial charge in [-0.2, -0.15) is 0 Å². The SMILES string of the molecule is CCCCCCC(S)O[Si](OC)(OC)OC(C)C. The van der Waals surface area contributed by atoms with E-state index in [1.807, 2.05) is 13.8 Å².